The number of thioether (sulfide) groups is 1. The fourth-order valence-corrected chi connectivity index (χ4v) is 4.39. The summed E-state index contributed by atoms with van der Waals surface area (Å²) in [7, 11) is 0. The molecular weight excluding hydrogens is 212 g/mol. The van der Waals surface area contributed by atoms with E-state index in [0.717, 1.165) is 11.2 Å². The van der Waals surface area contributed by atoms with Crippen molar-refractivity contribution in [1.82, 2.24) is 0 Å². The number of rotatable bonds is 2. The highest BCUT2D eigenvalue weighted by Crippen LogP contribution is 2.46. The molecule has 1 fully saturated rings. The van der Waals surface area contributed by atoms with Crippen LogP contribution in [0, 0.1) is 11.3 Å². The van der Waals surface area contributed by atoms with Crippen LogP contribution < -0.4 is 0 Å². The number of hydrogen-bond donors (Lipinski definition) is 0. The SMILES string of the molecule is CC(C)(C)[C@@H]1CCC[C@H]1Sc1ccccc1. The molecule has 1 heteroatoms. The van der Waals surface area contributed by atoms with Gasteiger partial charge in [0.05, 0.1) is 0 Å². The summed E-state index contributed by atoms with van der Waals surface area (Å²) >= 11 is 2.09. The predicted octanol–water partition coefficient (Wildman–Crippen LogP) is 4.99. The van der Waals surface area contributed by atoms with Gasteiger partial charge in [-0.25, -0.2) is 0 Å². The zero-order chi connectivity index (χ0) is 11.6. The Hall–Kier alpha value is -0.430. The first-order valence-electron chi connectivity index (χ1n) is 6.29. The largest absolute Gasteiger partial charge is 0.122 e. The molecule has 0 aliphatic heterocycles. The van der Waals surface area contributed by atoms with Crippen LogP contribution in [0.15, 0.2) is 35.2 Å². The van der Waals surface area contributed by atoms with Crippen LogP contribution in [0.2, 0.25) is 0 Å². The summed E-state index contributed by atoms with van der Waals surface area (Å²) in [5.41, 5.74) is 0.461. The number of hydrogen-bond acceptors (Lipinski definition) is 1. The zero-order valence-electron chi connectivity index (χ0n) is 10.6. The third-order valence-electron chi connectivity index (χ3n) is 3.60. The van der Waals surface area contributed by atoms with Crippen molar-refractivity contribution in [3.05, 3.63) is 30.3 Å². The molecule has 0 nitrogen and oxygen atoms in total. The van der Waals surface area contributed by atoms with Crippen molar-refractivity contribution >= 4 is 11.8 Å². The molecule has 1 saturated carbocycles. The first kappa shape index (κ1) is 12.0. The lowest BCUT2D eigenvalue weighted by Gasteiger charge is -2.32. The fourth-order valence-electron chi connectivity index (χ4n) is 2.73. The molecule has 16 heavy (non-hydrogen) atoms. The fraction of sp³-hybridized carbons (Fsp3) is 0.600. The molecule has 0 spiro atoms. The maximum Gasteiger partial charge on any atom is 0.0128 e. The molecule has 88 valence electrons. The second kappa shape index (κ2) is 4.83. The molecule has 2 rings (SSSR count). The Balaban J connectivity index is 2.05. The van der Waals surface area contributed by atoms with Gasteiger partial charge in [0.25, 0.3) is 0 Å². The van der Waals surface area contributed by atoms with Crippen LogP contribution in [0.25, 0.3) is 0 Å². The average molecular weight is 234 g/mol. The average Bonchev–Trinajstić information content (AvgIpc) is 2.67. The van der Waals surface area contributed by atoms with Gasteiger partial charge in [0.1, 0.15) is 0 Å². The Kier molecular flexibility index (Phi) is 3.63. The molecule has 1 aliphatic carbocycles. The molecule has 0 aromatic heterocycles. The van der Waals surface area contributed by atoms with Gasteiger partial charge in [-0.1, -0.05) is 45.4 Å². The minimum Gasteiger partial charge on any atom is -0.122 e. The highest BCUT2D eigenvalue weighted by molar-refractivity contribution is 8.00. The van der Waals surface area contributed by atoms with Crippen LogP contribution in [-0.4, -0.2) is 5.25 Å². The molecule has 0 amide bonds. The lowest BCUT2D eigenvalue weighted by Crippen LogP contribution is -2.25. The molecule has 0 unspecified atom stereocenters. The standard InChI is InChI=1S/C15H22S/c1-15(2,3)13-10-7-11-14(13)16-12-8-5-4-6-9-12/h4-6,8-9,13-14H,7,10-11H2,1-3H3/t13-,14-/m1/s1. The van der Waals surface area contributed by atoms with Gasteiger partial charge in [-0.2, -0.15) is 0 Å². The third-order valence-corrected chi connectivity index (χ3v) is 5.01. The minimum atomic E-state index is 0.461. The van der Waals surface area contributed by atoms with E-state index in [1.165, 1.54) is 24.2 Å². The van der Waals surface area contributed by atoms with E-state index in [-0.39, 0.29) is 0 Å². The summed E-state index contributed by atoms with van der Waals surface area (Å²) in [6, 6.07) is 10.9. The van der Waals surface area contributed by atoms with Crippen LogP contribution >= 0.6 is 11.8 Å². The summed E-state index contributed by atoms with van der Waals surface area (Å²) in [6.45, 7) is 7.17. The highest BCUT2D eigenvalue weighted by Gasteiger charge is 2.36. The van der Waals surface area contributed by atoms with E-state index < -0.39 is 0 Å². The summed E-state index contributed by atoms with van der Waals surface area (Å²) < 4.78 is 0. The third kappa shape index (κ3) is 2.82. The number of benzene rings is 1. The second-order valence-electron chi connectivity index (χ2n) is 5.87. The maximum atomic E-state index is 2.39. The Morgan fingerprint density at radius 2 is 1.75 bits per heavy atom. The molecular formula is C15H22S. The van der Waals surface area contributed by atoms with E-state index in [1.807, 2.05) is 0 Å². The summed E-state index contributed by atoms with van der Waals surface area (Å²) in [4.78, 5) is 1.43. The summed E-state index contributed by atoms with van der Waals surface area (Å²) in [5.74, 6) is 0.873. The molecule has 2 atom stereocenters. The van der Waals surface area contributed by atoms with E-state index in [1.54, 1.807) is 0 Å². The van der Waals surface area contributed by atoms with Crippen molar-refractivity contribution in [1.29, 1.82) is 0 Å². The molecule has 0 heterocycles. The predicted molar refractivity (Wildman–Crippen MR) is 72.9 cm³/mol. The van der Waals surface area contributed by atoms with E-state index in [9.17, 15) is 0 Å². The van der Waals surface area contributed by atoms with Crippen molar-refractivity contribution in [2.75, 3.05) is 0 Å². The van der Waals surface area contributed by atoms with Crippen LogP contribution in [0.3, 0.4) is 0 Å². The van der Waals surface area contributed by atoms with E-state index in [0.29, 0.717) is 5.41 Å². The molecule has 1 aliphatic rings. The smallest absolute Gasteiger partial charge is 0.0128 e. The molecule has 0 radical (unpaired) electrons. The molecule has 0 bridgehead atoms. The van der Waals surface area contributed by atoms with Gasteiger partial charge < -0.3 is 0 Å². The van der Waals surface area contributed by atoms with Gasteiger partial charge in [0, 0.05) is 10.1 Å². The van der Waals surface area contributed by atoms with E-state index in [2.05, 4.69) is 62.9 Å². The van der Waals surface area contributed by atoms with E-state index >= 15 is 0 Å². The van der Waals surface area contributed by atoms with Crippen molar-refractivity contribution in [3.8, 4) is 0 Å². The Morgan fingerprint density at radius 3 is 2.38 bits per heavy atom. The maximum absolute atomic E-state index is 2.39. The van der Waals surface area contributed by atoms with Gasteiger partial charge in [-0.15, -0.1) is 11.8 Å². The van der Waals surface area contributed by atoms with E-state index in [4.69, 9.17) is 0 Å². The quantitative estimate of drug-likeness (QED) is 0.694. The molecule has 1 aromatic carbocycles. The van der Waals surface area contributed by atoms with Crippen LogP contribution in [0.5, 0.6) is 0 Å². The summed E-state index contributed by atoms with van der Waals surface area (Å²) in [5, 5.41) is 0.822. The van der Waals surface area contributed by atoms with Gasteiger partial charge in [0.15, 0.2) is 0 Å². The van der Waals surface area contributed by atoms with Crippen LogP contribution in [-0.2, 0) is 0 Å². The first-order chi connectivity index (χ1) is 7.57. The molecule has 0 N–H and O–H groups in total. The summed E-state index contributed by atoms with van der Waals surface area (Å²) in [6.07, 6.45) is 4.21. The first-order valence-corrected chi connectivity index (χ1v) is 7.17. The monoisotopic (exact) mass is 234 g/mol. The Bertz CT molecular complexity index is 323. The Labute approximate surface area is 104 Å². The van der Waals surface area contributed by atoms with Crippen LogP contribution in [0.1, 0.15) is 40.0 Å². The van der Waals surface area contributed by atoms with Crippen molar-refractivity contribution in [3.63, 3.8) is 0 Å². The minimum absolute atomic E-state index is 0.461. The van der Waals surface area contributed by atoms with Gasteiger partial charge in [-0.05, 0) is 36.3 Å². The normalized spacial score (nSPS) is 25.9. The second-order valence-corrected chi connectivity index (χ2v) is 7.19. The van der Waals surface area contributed by atoms with Gasteiger partial charge in [0.2, 0.25) is 0 Å². The topological polar surface area (TPSA) is 0 Å². The highest BCUT2D eigenvalue weighted by atomic mass is 32.2. The zero-order valence-corrected chi connectivity index (χ0v) is 11.4. The molecule has 1 aromatic rings. The van der Waals surface area contributed by atoms with Crippen LogP contribution in [0.4, 0.5) is 0 Å². The molecule has 0 saturated heterocycles. The lowest BCUT2D eigenvalue weighted by atomic mass is 9.79. The Morgan fingerprint density at radius 1 is 1.06 bits per heavy atom. The lowest BCUT2D eigenvalue weighted by molar-refractivity contribution is 0.252. The van der Waals surface area contributed by atoms with Gasteiger partial charge in [-0.3, -0.25) is 0 Å². The van der Waals surface area contributed by atoms with Crippen molar-refractivity contribution in [2.24, 2.45) is 11.3 Å². The van der Waals surface area contributed by atoms with Gasteiger partial charge >= 0.3 is 0 Å². The van der Waals surface area contributed by atoms with Crippen molar-refractivity contribution < 1.29 is 0 Å². The van der Waals surface area contributed by atoms with Crippen molar-refractivity contribution in [2.45, 2.75) is 50.2 Å².